The second kappa shape index (κ2) is 8.85. The molecule has 5 nitrogen and oxygen atoms in total. The number of nitrogens with one attached hydrogen (secondary N) is 3. The fraction of sp³-hybridized carbons (Fsp3) is 0.176. The second-order valence-corrected chi connectivity index (χ2v) is 5.62. The van der Waals surface area contributed by atoms with Gasteiger partial charge in [-0.3, -0.25) is 4.79 Å². The average Bonchev–Trinajstić information content (AvgIpc) is 2.59. The third-order valence-electron chi connectivity index (χ3n) is 3.09. The number of para-hydroxylation sites is 1. The first-order chi connectivity index (χ1) is 11.2. The molecule has 0 aromatic heterocycles. The van der Waals surface area contributed by atoms with Gasteiger partial charge in [-0.1, -0.05) is 42.5 Å². The van der Waals surface area contributed by atoms with Crippen LogP contribution in [-0.4, -0.2) is 24.7 Å². The largest absolute Gasteiger partial charge is 0.334 e. The molecule has 0 saturated carbocycles. The van der Waals surface area contributed by atoms with Gasteiger partial charge in [-0.05, 0) is 24.0 Å². The Kier molecular flexibility index (Phi) is 6.50. The summed E-state index contributed by atoms with van der Waals surface area (Å²) in [7, 11) is 0. The van der Waals surface area contributed by atoms with Crippen molar-refractivity contribution in [2.24, 2.45) is 0 Å². The van der Waals surface area contributed by atoms with E-state index in [0.29, 0.717) is 6.54 Å². The third-order valence-corrected chi connectivity index (χ3v) is 3.88. The number of rotatable bonds is 6. The number of carbonyl (C=O) groups excluding carboxylic acids is 2. The molecule has 2 aromatic carbocycles. The highest BCUT2D eigenvalue weighted by atomic mass is 32.2. The van der Waals surface area contributed by atoms with Gasteiger partial charge in [0.25, 0.3) is 0 Å². The van der Waals surface area contributed by atoms with Crippen LogP contribution in [0.4, 0.5) is 10.5 Å². The van der Waals surface area contributed by atoms with Gasteiger partial charge in [-0.15, -0.1) is 11.8 Å². The average molecular weight is 329 g/mol. The van der Waals surface area contributed by atoms with Crippen LogP contribution in [0.2, 0.25) is 0 Å². The maximum absolute atomic E-state index is 11.9. The van der Waals surface area contributed by atoms with Crippen LogP contribution in [0, 0.1) is 0 Å². The van der Waals surface area contributed by atoms with E-state index in [1.807, 2.05) is 60.9 Å². The lowest BCUT2D eigenvalue weighted by Gasteiger charge is -2.10. The molecule has 23 heavy (non-hydrogen) atoms. The Morgan fingerprint density at radius 1 is 0.957 bits per heavy atom. The number of benzene rings is 2. The normalized spacial score (nSPS) is 9.96. The van der Waals surface area contributed by atoms with Gasteiger partial charge in [0.2, 0.25) is 5.91 Å². The first-order valence-corrected chi connectivity index (χ1v) is 8.40. The van der Waals surface area contributed by atoms with E-state index in [1.165, 1.54) is 0 Å². The Morgan fingerprint density at radius 3 is 2.39 bits per heavy atom. The molecule has 0 radical (unpaired) electrons. The molecule has 0 atom stereocenters. The van der Waals surface area contributed by atoms with Crippen molar-refractivity contribution in [1.29, 1.82) is 0 Å². The molecule has 120 valence electrons. The molecule has 0 aliphatic rings. The summed E-state index contributed by atoms with van der Waals surface area (Å²) < 4.78 is 0. The van der Waals surface area contributed by atoms with E-state index in [0.717, 1.165) is 16.1 Å². The first kappa shape index (κ1) is 16.9. The first-order valence-electron chi connectivity index (χ1n) is 7.17. The molecule has 3 N–H and O–H groups in total. The van der Waals surface area contributed by atoms with Gasteiger partial charge in [0.05, 0.1) is 12.2 Å². The number of hydrogen-bond donors (Lipinski definition) is 3. The third kappa shape index (κ3) is 5.67. The van der Waals surface area contributed by atoms with Gasteiger partial charge in [0.1, 0.15) is 0 Å². The zero-order valence-electron chi connectivity index (χ0n) is 12.8. The van der Waals surface area contributed by atoms with Crippen LogP contribution >= 0.6 is 11.8 Å². The molecule has 0 aliphatic carbocycles. The minimum absolute atomic E-state index is 0.0800. The summed E-state index contributed by atoms with van der Waals surface area (Å²) in [6, 6.07) is 16.7. The Morgan fingerprint density at radius 2 is 1.65 bits per heavy atom. The van der Waals surface area contributed by atoms with E-state index in [4.69, 9.17) is 0 Å². The summed E-state index contributed by atoms with van der Waals surface area (Å²) in [4.78, 5) is 24.6. The van der Waals surface area contributed by atoms with E-state index >= 15 is 0 Å². The molecule has 0 unspecified atom stereocenters. The lowest BCUT2D eigenvalue weighted by Crippen LogP contribution is -2.39. The lowest BCUT2D eigenvalue weighted by molar-refractivity contribution is -0.115. The van der Waals surface area contributed by atoms with Crippen molar-refractivity contribution in [3.05, 3.63) is 60.2 Å². The summed E-state index contributed by atoms with van der Waals surface area (Å²) in [6.07, 6.45) is 1.94. The van der Waals surface area contributed by atoms with Gasteiger partial charge in [-0.2, -0.15) is 0 Å². The van der Waals surface area contributed by atoms with E-state index in [-0.39, 0.29) is 18.5 Å². The highest BCUT2D eigenvalue weighted by Gasteiger charge is 2.07. The number of hydrogen-bond acceptors (Lipinski definition) is 3. The molecule has 0 aliphatic heterocycles. The number of urea groups is 1. The van der Waals surface area contributed by atoms with Crippen molar-refractivity contribution in [1.82, 2.24) is 10.6 Å². The number of carbonyl (C=O) groups is 2. The molecular formula is C17H19N3O2S. The smallest absolute Gasteiger partial charge is 0.315 e. The Bertz CT molecular complexity index is 662. The molecule has 2 aromatic rings. The molecule has 3 amide bonds. The van der Waals surface area contributed by atoms with E-state index in [9.17, 15) is 9.59 Å². The predicted molar refractivity (Wildman–Crippen MR) is 93.5 cm³/mol. The van der Waals surface area contributed by atoms with Crippen molar-refractivity contribution >= 4 is 29.4 Å². The summed E-state index contributed by atoms with van der Waals surface area (Å²) in [5.41, 5.74) is 1.75. The second-order valence-electron chi connectivity index (χ2n) is 4.77. The zero-order chi connectivity index (χ0) is 16.5. The van der Waals surface area contributed by atoms with Crippen molar-refractivity contribution in [2.45, 2.75) is 11.4 Å². The number of anilines is 1. The summed E-state index contributed by atoms with van der Waals surface area (Å²) in [6.45, 7) is 0.340. The van der Waals surface area contributed by atoms with Gasteiger partial charge in [-0.25, -0.2) is 4.79 Å². The standard InChI is InChI=1S/C17H19N3O2S/c1-23-15-10-6-5-9-14(15)20-16(21)12-19-17(22)18-11-13-7-3-2-4-8-13/h2-10H,11-12H2,1H3,(H,20,21)(H2,18,19,22). The van der Waals surface area contributed by atoms with Crippen LogP contribution in [0.15, 0.2) is 59.5 Å². The van der Waals surface area contributed by atoms with Crippen molar-refractivity contribution in [3.8, 4) is 0 Å². The fourth-order valence-electron chi connectivity index (χ4n) is 1.94. The number of thioether (sulfide) groups is 1. The van der Waals surface area contributed by atoms with Crippen LogP contribution in [0.25, 0.3) is 0 Å². The summed E-state index contributed by atoms with van der Waals surface area (Å²) in [5, 5.41) is 8.04. The van der Waals surface area contributed by atoms with Gasteiger partial charge < -0.3 is 16.0 Å². The molecule has 0 saturated heterocycles. The fourth-order valence-corrected chi connectivity index (χ4v) is 2.50. The van der Waals surface area contributed by atoms with Gasteiger partial charge in [0.15, 0.2) is 0 Å². The monoisotopic (exact) mass is 329 g/mol. The number of amides is 3. The predicted octanol–water partition coefficient (Wildman–Crippen LogP) is 2.85. The molecular weight excluding hydrogens is 310 g/mol. The lowest BCUT2D eigenvalue weighted by atomic mass is 10.2. The molecule has 0 fully saturated rings. The summed E-state index contributed by atoms with van der Waals surface area (Å²) in [5.74, 6) is -0.263. The van der Waals surface area contributed by atoms with Crippen LogP contribution in [0.5, 0.6) is 0 Å². The van der Waals surface area contributed by atoms with Gasteiger partial charge >= 0.3 is 6.03 Å². The van der Waals surface area contributed by atoms with Crippen LogP contribution in [0.1, 0.15) is 5.56 Å². The Balaban J connectivity index is 1.74. The van der Waals surface area contributed by atoms with Crippen LogP contribution in [0.3, 0.4) is 0 Å². The molecule has 2 rings (SSSR count). The minimum atomic E-state index is -0.373. The topological polar surface area (TPSA) is 70.2 Å². The minimum Gasteiger partial charge on any atom is -0.334 e. The van der Waals surface area contributed by atoms with Gasteiger partial charge in [0, 0.05) is 11.4 Å². The van der Waals surface area contributed by atoms with Crippen molar-refractivity contribution in [2.75, 3.05) is 18.1 Å². The molecule has 0 bridgehead atoms. The summed E-state index contributed by atoms with van der Waals surface area (Å²) >= 11 is 1.55. The molecule has 0 spiro atoms. The van der Waals surface area contributed by atoms with Crippen LogP contribution < -0.4 is 16.0 Å². The quantitative estimate of drug-likeness (QED) is 0.714. The highest BCUT2D eigenvalue weighted by Crippen LogP contribution is 2.24. The highest BCUT2D eigenvalue weighted by molar-refractivity contribution is 7.98. The van der Waals surface area contributed by atoms with E-state index in [1.54, 1.807) is 11.8 Å². The van der Waals surface area contributed by atoms with Crippen molar-refractivity contribution < 1.29 is 9.59 Å². The SMILES string of the molecule is CSc1ccccc1NC(=O)CNC(=O)NCc1ccccc1. The Labute approximate surface area is 139 Å². The maximum atomic E-state index is 11.9. The Hall–Kier alpha value is -2.47. The maximum Gasteiger partial charge on any atom is 0.315 e. The molecule has 6 heteroatoms. The van der Waals surface area contributed by atoms with E-state index < -0.39 is 0 Å². The van der Waals surface area contributed by atoms with Crippen LogP contribution in [-0.2, 0) is 11.3 Å². The zero-order valence-corrected chi connectivity index (χ0v) is 13.7. The van der Waals surface area contributed by atoms with E-state index in [2.05, 4.69) is 16.0 Å². The molecule has 0 heterocycles. The van der Waals surface area contributed by atoms with Crippen molar-refractivity contribution in [3.63, 3.8) is 0 Å².